The number of nitrogens with one attached hydrogen (secondary N) is 1. The van der Waals surface area contributed by atoms with Crippen molar-refractivity contribution in [2.45, 2.75) is 32.7 Å². The van der Waals surface area contributed by atoms with Crippen molar-refractivity contribution in [3.8, 4) is 0 Å². The summed E-state index contributed by atoms with van der Waals surface area (Å²) in [5.41, 5.74) is 1.52. The van der Waals surface area contributed by atoms with Gasteiger partial charge in [-0.2, -0.15) is 0 Å². The summed E-state index contributed by atoms with van der Waals surface area (Å²) in [7, 11) is -3.19. The van der Waals surface area contributed by atoms with Gasteiger partial charge in [-0.05, 0) is 43.9 Å². The van der Waals surface area contributed by atoms with Crippen molar-refractivity contribution in [3.63, 3.8) is 0 Å². The van der Waals surface area contributed by atoms with Gasteiger partial charge in [0.2, 0.25) is 10.0 Å². The van der Waals surface area contributed by atoms with Crippen molar-refractivity contribution in [2.24, 2.45) is 0 Å². The highest BCUT2D eigenvalue weighted by Crippen LogP contribution is 2.14. The fourth-order valence-electron chi connectivity index (χ4n) is 2.34. The van der Waals surface area contributed by atoms with Crippen molar-refractivity contribution in [3.05, 3.63) is 35.4 Å². The predicted octanol–water partition coefficient (Wildman–Crippen LogP) is 1.75. The number of nitrogens with zero attached hydrogens (tertiary/aromatic N) is 1. The van der Waals surface area contributed by atoms with E-state index in [0.29, 0.717) is 5.56 Å². The Hall–Kier alpha value is -1.40. The molecule has 1 N–H and O–H groups in total. The van der Waals surface area contributed by atoms with E-state index in [-0.39, 0.29) is 18.2 Å². The Morgan fingerprint density at radius 1 is 1.14 bits per heavy atom. The standard InChI is InChI=1S/C15H22N2O3S/c1-2-21(19,20)16-12-13-6-8-14(9-7-13)15(18)17-10-4-3-5-11-17/h6-9,16H,2-5,10-12H2,1H3. The molecular formula is C15H22N2O3S. The second kappa shape index (κ2) is 7.04. The quantitative estimate of drug-likeness (QED) is 0.901. The first kappa shape index (κ1) is 16.0. The molecule has 0 aromatic heterocycles. The molecule has 0 bridgehead atoms. The minimum absolute atomic E-state index is 0.0652. The van der Waals surface area contributed by atoms with Crippen molar-refractivity contribution in [2.75, 3.05) is 18.8 Å². The second-order valence-corrected chi connectivity index (χ2v) is 7.37. The van der Waals surface area contributed by atoms with Crippen LogP contribution in [0.4, 0.5) is 0 Å². The lowest BCUT2D eigenvalue weighted by Gasteiger charge is -2.26. The van der Waals surface area contributed by atoms with E-state index in [0.717, 1.165) is 31.5 Å². The Morgan fingerprint density at radius 3 is 2.33 bits per heavy atom. The van der Waals surface area contributed by atoms with Crippen LogP contribution in [0.5, 0.6) is 0 Å². The van der Waals surface area contributed by atoms with Gasteiger partial charge in [-0.25, -0.2) is 13.1 Å². The molecule has 1 heterocycles. The molecule has 0 unspecified atom stereocenters. The van der Waals surface area contributed by atoms with Crippen LogP contribution in [0.2, 0.25) is 0 Å². The van der Waals surface area contributed by atoms with Crippen LogP contribution in [-0.4, -0.2) is 38.1 Å². The highest BCUT2D eigenvalue weighted by atomic mass is 32.2. The van der Waals surface area contributed by atoms with Gasteiger partial charge < -0.3 is 4.90 Å². The van der Waals surface area contributed by atoms with Gasteiger partial charge in [0, 0.05) is 25.2 Å². The van der Waals surface area contributed by atoms with E-state index in [2.05, 4.69) is 4.72 Å². The number of hydrogen-bond donors (Lipinski definition) is 1. The summed E-state index contributed by atoms with van der Waals surface area (Å²) in [6.07, 6.45) is 3.34. The number of hydrogen-bond acceptors (Lipinski definition) is 3. The Bertz CT molecular complexity index is 575. The SMILES string of the molecule is CCS(=O)(=O)NCc1ccc(C(=O)N2CCCCC2)cc1. The fourth-order valence-corrected chi connectivity index (χ4v) is 2.93. The zero-order valence-corrected chi connectivity index (χ0v) is 13.2. The Balaban J connectivity index is 1.96. The van der Waals surface area contributed by atoms with Gasteiger partial charge in [-0.1, -0.05) is 12.1 Å². The smallest absolute Gasteiger partial charge is 0.253 e. The van der Waals surface area contributed by atoms with Gasteiger partial charge in [0.1, 0.15) is 0 Å². The first-order valence-corrected chi connectivity index (χ1v) is 9.02. The summed E-state index contributed by atoms with van der Waals surface area (Å²) in [6, 6.07) is 7.14. The molecule has 1 aliphatic heterocycles. The van der Waals surface area contributed by atoms with E-state index in [1.807, 2.05) is 4.90 Å². The Kier molecular flexibility index (Phi) is 5.36. The molecule has 0 spiro atoms. The molecule has 1 fully saturated rings. The molecule has 1 saturated heterocycles. The van der Waals surface area contributed by atoms with E-state index >= 15 is 0 Å². The number of likely N-dealkylation sites (tertiary alicyclic amines) is 1. The number of sulfonamides is 1. The molecule has 1 aromatic rings. The van der Waals surface area contributed by atoms with Crippen molar-refractivity contribution in [1.29, 1.82) is 0 Å². The molecule has 2 rings (SSSR count). The van der Waals surface area contributed by atoms with Gasteiger partial charge in [0.25, 0.3) is 5.91 Å². The van der Waals surface area contributed by atoms with Gasteiger partial charge in [0.05, 0.1) is 5.75 Å². The minimum atomic E-state index is -3.19. The van der Waals surface area contributed by atoms with Gasteiger partial charge in [0.15, 0.2) is 0 Å². The van der Waals surface area contributed by atoms with Crippen molar-refractivity contribution >= 4 is 15.9 Å². The maximum atomic E-state index is 12.3. The highest BCUT2D eigenvalue weighted by molar-refractivity contribution is 7.89. The third kappa shape index (κ3) is 4.54. The molecule has 0 saturated carbocycles. The molecular weight excluding hydrogens is 288 g/mol. The average Bonchev–Trinajstić information content (AvgIpc) is 2.54. The third-order valence-electron chi connectivity index (χ3n) is 3.72. The van der Waals surface area contributed by atoms with Crippen LogP contribution in [0.3, 0.4) is 0 Å². The monoisotopic (exact) mass is 310 g/mol. The molecule has 116 valence electrons. The van der Waals surface area contributed by atoms with Crippen molar-refractivity contribution in [1.82, 2.24) is 9.62 Å². The number of piperidine rings is 1. The highest BCUT2D eigenvalue weighted by Gasteiger charge is 2.17. The first-order valence-electron chi connectivity index (χ1n) is 7.37. The van der Waals surface area contributed by atoms with E-state index in [9.17, 15) is 13.2 Å². The van der Waals surface area contributed by atoms with Crippen LogP contribution < -0.4 is 4.72 Å². The summed E-state index contributed by atoms with van der Waals surface area (Å²) in [5.74, 6) is 0.133. The predicted molar refractivity (Wildman–Crippen MR) is 82.5 cm³/mol. The molecule has 0 atom stereocenters. The van der Waals surface area contributed by atoms with Crippen molar-refractivity contribution < 1.29 is 13.2 Å². The molecule has 21 heavy (non-hydrogen) atoms. The minimum Gasteiger partial charge on any atom is -0.339 e. The van der Waals surface area contributed by atoms with Crippen LogP contribution >= 0.6 is 0 Å². The van der Waals surface area contributed by atoms with E-state index < -0.39 is 10.0 Å². The average molecular weight is 310 g/mol. The van der Waals surface area contributed by atoms with E-state index in [1.165, 1.54) is 6.42 Å². The second-order valence-electron chi connectivity index (χ2n) is 5.27. The normalized spacial score (nSPS) is 16.0. The molecule has 1 aromatic carbocycles. The van der Waals surface area contributed by atoms with Crippen LogP contribution in [0, 0.1) is 0 Å². The van der Waals surface area contributed by atoms with Gasteiger partial charge in [-0.3, -0.25) is 4.79 Å². The molecule has 1 amide bonds. The van der Waals surface area contributed by atoms with Gasteiger partial charge >= 0.3 is 0 Å². The zero-order chi connectivity index (χ0) is 15.3. The summed E-state index contributed by atoms with van der Waals surface area (Å²) < 4.78 is 25.3. The molecule has 6 heteroatoms. The maximum Gasteiger partial charge on any atom is 0.253 e. The summed E-state index contributed by atoms with van der Waals surface area (Å²) in [4.78, 5) is 14.2. The first-order chi connectivity index (χ1) is 10.0. The van der Waals surface area contributed by atoms with E-state index in [1.54, 1.807) is 31.2 Å². The zero-order valence-electron chi connectivity index (χ0n) is 12.3. The van der Waals surface area contributed by atoms with Crippen LogP contribution in [0.1, 0.15) is 42.1 Å². The third-order valence-corrected chi connectivity index (χ3v) is 5.06. The lowest BCUT2D eigenvalue weighted by Crippen LogP contribution is -2.35. The Morgan fingerprint density at radius 2 is 1.76 bits per heavy atom. The number of rotatable bonds is 5. The number of benzene rings is 1. The topological polar surface area (TPSA) is 66.5 Å². The summed E-state index contributed by atoms with van der Waals surface area (Å²) in [6.45, 7) is 3.52. The largest absolute Gasteiger partial charge is 0.339 e. The van der Waals surface area contributed by atoms with Crippen LogP contribution in [0.25, 0.3) is 0 Å². The van der Waals surface area contributed by atoms with Gasteiger partial charge in [-0.15, -0.1) is 0 Å². The summed E-state index contributed by atoms with van der Waals surface area (Å²) in [5, 5.41) is 0. The fraction of sp³-hybridized carbons (Fsp3) is 0.533. The summed E-state index contributed by atoms with van der Waals surface area (Å²) >= 11 is 0. The van der Waals surface area contributed by atoms with Crippen LogP contribution in [-0.2, 0) is 16.6 Å². The van der Waals surface area contributed by atoms with Crippen LogP contribution in [0.15, 0.2) is 24.3 Å². The number of amides is 1. The Labute approximate surface area is 126 Å². The molecule has 0 radical (unpaired) electrons. The lowest BCUT2D eigenvalue weighted by molar-refractivity contribution is 0.0724. The molecule has 1 aliphatic rings. The number of carbonyl (C=O) groups is 1. The number of carbonyl (C=O) groups excluding carboxylic acids is 1. The lowest BCUT2D eigenvalue weighted by atomic mass is 10.1. The maximum absolute atomic E-state index is 12.3. The van der Waals surface area contributed by atoms with E-state index in [4.69, 9.17) is 0 Å². The molecule has 0 aliphatic carbocycles. The molecule has 5 nitrogen and oxygen atoms in total.